The first-order valence-electron chi connectivity index (χ1n) is 5.98. The first kappa shape index (κ1) is 11.7. The Morgan fingerprint density at radius 1 is 1.13 bits per heavy atom. The lowest BCUT2D eigenvalue weighted by Gasteiger charge is -2.61. The summed E-state index contributed by atoms with van der Waals surface area (Å²) >= 11 is 0. The van der Waals surface area contributed by atoms with Crippen molar-refractivity contribution in [2.24, 2.45) is 23.0 Å². The summed E-state index contributed by atoms with van der Waals surface area (Å²) in [6.45, 7) is -0.143. The molecule has 3 heteroatoms. The van der Waals surface area contributed by atoms with E-state index < -0.39 is 0 Å². The van der Waals surface area contributed by atoms with Crippen molar-refractivity contribution in [3.05, 3.63) is 0 Å². The Morgan fingerprint density at radius 3 is 2.20 bits per heavy atom. The summed E-state index contributed by atoms with van der Waals surface area (Å²) in [4.78, 5) is 0. The molecule has 0 aromatic carbocycles. The number of halogens is 2. The minimum Gasteiger partial charge on any atom is -0.325 e. The van der Waals surface area contributed by atoms with E-state index >= 15 is 0 Å². The number of alkyl halides is 1. The first-order chi connectivity index (χ1) is 6.63. The molecule has 4 rings (SSSR count). The van der Waals surface area contributed by atoms with Crippen molar-refractivity contribution in [3.8, 4) is 0 Å². The normalized spacial score (nSPS) is 51.6. The van der Waals surface area contributed by atoms with Crippen LogP contribution in [0.25, 0.3) is 0 Å². The van der Waals surface area contributed by atoms with E-state index in [0.717, 1.165) is 24.7 Å². The number of hydrogen-bond donors (Lipinski definition) is 1. The highest BCUT2D eigenvalue weighted by Crippen LogP contribution is 2.61. The highest BCUT2D eigenvalue weighted by atomic mass is 35.5. The second-order valence-corrected chi connectivity index (χ2v) is 6.26. The molecular weight excluding hydrogens is 213 g/mol. The van der Waals surface area contributed by atoms with Gasteiger partial charge in [0.15, 0.2) is 0 Å². The van der Waals surface area contributed by atoms with Gasteiger partial charge in [-0.1, -0.05) is 0 Å². The van der Waals surface area contributed by atoms with Gasteiger partial charge < -0.3 is 5.73 Å². The van der Waals surface area contributed by atoms with Crippen LogP contribution in [0.2, 0.25) is 0 Å². The van der Waals surface area contributed by atoms with Crippen molar-refractivity contribution in [2.45, 2.75) is 50.5 Å². The third kappa shape index (κ3) is 1.80. The van der Waals surface area contributed by atoms with Crippen LogP contribution in [0.15, 0.2) is 0 Å². The number of nitrogens with two attached hydrogens (primary N) is 1. The molecular formula is C12H21ClFN. The molecule has 0 heterocycles. The van der Waals surface area contributed by atoms with Crippen molar-refractivity contribution in [2.75, 3.05) is 6.67 Å². The molecule has 88 valence electrons. The Hall–Kier alpha value is 0.180. The van der Waals surface area contributed by atoms with Gasteiger partial charge in [0, 0.05) is 5.54 Å². The molecule has 0 saturated heterocycles. The lowest BCUT2D eigenvalue weighted by Crippen LogP contribution is -2.60. The summed E-state index contributed by atoms with van der Waals surface area (Å²) in [6, 6.07) is 0. The molecule has 0 aliphatic heterocycles. The molecule has 4 bridgehead atoms. The van der Waals surface area contributed by atoms with Crippen molar-refractivity contribution in [1.82, 2.24) is 0 Å². The number of rotatable bonds is 2. The molecule has 0 spiro atoms. The monoisotopic (exact) mass is 233 g/mol. The van der Waals surface area contributed by atoms with E-state index in [1.807, 2.05) is 0 Å². The van der Waals surface area contributed by atoms with Crippen LogP contribution in [0.5, 0.6) is 0 Å². The average Bonchev–Trinajstić information content (AvgIpc) is 1.97. The smallest absolute Gasteiger partial charge is 0.0899 e. The maximum absolute atomic E-state index is 12.6. The van der Waals surface area contributed by atoms with E-state index in [0.29, 0.717) is 5.41 Å². The van der Waals surface area contributed by atoms with Gasteiger partial charge in [-0.2, -0.15) is 0 Å². The molecule has 0 amide bonds. The number of hydrogen-bond acceptors (Lipinski definition) is 1. The second kappa shape index (κ2) is 3.59. The second-order valence-electron chi connectivity index (χ2n) is 6.26. The zero-order valence-electron chi connectivity index (χ0n) is 9.18. The molecule has 4 aliphatic rings. The zero-order valence-corrected chi connectivity index (χ0v) is 9.99. The van der Waals surface area contributed by atoms with Gasteiger partial charge in [0.05, 0.1) is 6.67 Å². The van der Waals surface area contributed by atoms with Crippen LogP contribution < -0.4 is 5.73 Å². The first-order valence-corrected chi connectivity index (χ1v) is 5.98. The summed E-state index contributed by atoms with van der Waals surface area (Å²) in [7, 11) is 0. The molecule has 4 fully saturated rings. The predicted molar refractivity (Wildman–Crippen MR) is 61.9 cm³/mol. The maximum atomic E-state index is 12.6. The zero-order chi connectivity index (χ0) is 9.81. The average molecular weight is 234 g/mol. The van der Waals surface area contributed by atoms with E-state index in [1.165, 1.54) is 32.1 Å². The minimum atomic E-state index is -0.143. The maximum Gasteiger partial charge on any atom is 0.0899 e. The topological polar surface area (TPSA) is 26.0 Å². The van der Waals surface area contributed by atoms with Crippen molar-refractivity contribution in [3.63, 3.8) is 0 Å². The molecule has 0 aromatic heterocycles. The quantitative estimate of drug-likeness (QED) is 0.780. The van der Waals surface area contributed by atoms with Gasteiger partial charge in [-0.05, 0) is 62.2 Å². The van der Waals surface area contributed by atoms with Gasteiger partial charge in [-0.3, -0.25) is 4.39 Å². The van der Waals surface area contributed by atoms with Gasteiger partial charge in [0.2, 0.25) is 0 Å². The molecule has 15 heavy (non-hydrogen) atoms. The largest absolute Gasteiger partial charge is 0.325 e. The van der Waals surface area contributed by atoms with Gasteiger partial charge in [0.25, 0.3) is 0 Å². The molecule has 0 aromatic rings. The molecule has 2 unspecified atom stereocenters. The minimum absolute atomic E-state index is 0. The summed E-state index contributed by atoms with van der Waals surface area (Å²) in [6.07, 6.45) is 8.25. The van der Waals surface area contributed by atoms with Crippen LogP contribution >= 0.6 is 12.4 Å². The van der Waals surface area contributed by atoms with Crippen LogP contribution in [-0.4, -0.2) is 12.2 Å². The Morgan fingerprint density at radius 2 is 1.73 bits per heavy atom. The highest BCUT2D eigenvalue weighted by Gasteiger charge is 2.55. The summed E-state index contributed by atoms with van der Waals surface area (Å²) in [5.41, 5.74) is 6.82. The fourth-order valence-corrected chi connectivity index (χ4v) is 5.02. The van der Waals surface area contributed by atoms with E-state index in [2.05, 4.69) is 0 Å². The fourth-order valence-electron chi connectivity index (χ4n) is 5.02. The fraction of sp³-hybridized carbons (Fsp3) is 1.00. The highest BCUT2D eigenvalue weighted by molar-refractivity contribution is 5.85. The van der Waals surface area contributed by atoms with Crippen LogP contribution in [0.4, 0.5) is 4.39 Å². The molecule has 2 atom stereocenters. The third-order valence-electron chi connectivity index (χ3n) is 4.85. The van der Waals surface area contributed by atoms with E-state index in [4.69, 9.17) is 5.73 Å². The third-order valence-corrected chi connectivity index (χ3v) is 4.85. The van der Waals surface area contributed by atoms with Gasteiger partial charge in [-0.25, -0.2) is 0 Å². The van der Waals surface area contributed by atoms with Gasteiger partial charge >= 0.3 is 0 Å². The molecule has 0 radical (unpaired) electrons. The lowest BCUT2D eigenvalue weighted by atomic mass is 9.46. The van der Waals surface area contributed by atoms with Crippen LogP contribution in [0, 0.1) is 17.3 Å². The summed E-state index contributed by atoms with van der Waals surface area (Å²) in [5.74, 6) is 1.65. The Balaban J connectivity index is 0.000000853. The van der Waals surface area contributed by atoms with Gasteiger partial charge in [0.1, 0.15) is 0 Å². The Kier molecular flexibility index (Phi) is 2.79. The Bertz CT molecular complexity index is 242. The van der Waals surface area contributed by atoms with Crippen molar-refractivity contribution < 1.29 is 4.39 Å². The summed E-state index contributed by atoms with van der Waals surface area (Å²) in [5, 5.41) is 0. The standard InChI is InChI=1S/C12H20FN.ClH/c13-2-1-11-4-9-3-10(5-11)7-12(14,6-9)8-11;/h9-10H,1-8,14H2;1H. The lowest BCUT2D eigenvalue weighted by molar-refractivity contribution is -0.0733. The van der Waals surface area contributed by atoms with Crippen molar-refractivity contribution in [1.29, 1.82) is 0 Å². The molecule has 2 N–H and O–H groups in total. The van der Waals surface area contributed by atoms with Crippen molar-refractivity contribution >= 4 is 12.4 Å². The van der Waals surface area contributed by atoms with E-state index in [1.54, 1.807) is 0 Å². The summed E-state index contributed by atoms with van der Waals surface area (Å²) < 4.78 is 12.6. The predicted octanol–water partition coefficient (Wildman–Crippen LogP) is 3.07. The van der Waals surface area contributed by atoms with E-state index in [-0.39, 0.29) is 24.6 Å². The van der Waals surface area contributed by atoms with Crippen LogP contribution in [0.3, 0.4) is 0 Å². The van der Waals surface area contributed by atoms with Crippen LogP contribution in [-0.2, 0) is 0 Å². The van der Waals surface area contributed by atoms with E-state index in [9.17, 15) is 4.39 Å². The molecule has 4 aliphatic carbocycles. The van der Waals surface area contributed by atoms with Gasteiger partial charge in [-0.15, -0.1) is 12.4 Å². The molecule has 1 nitrogen and oxygen atoms in total. The molecule has 4 saturated carbocycles. The SMILES string of the molecule is Cl.NC12CC3CC(C1)CC(CCF)(C3)C2. The van der Waals surface area contributed by atoms with Crippen LogP contribution in [0.1, 0.15) is 44.9 Å². The Labute approximate surface area is 97.4 Å².